The Labute approximate surface area is 198 Å². The monoisotopic (exact) mass is 532 g/mol. The summed E-state index contributed by atoms with van der Waals surface area (Å²) in [6.45, 7) is 12.4. The SMILES string of the molecule is CCNC(=NCCCN1CCCC1=O)NC(C)c1ccc(OCC)c(OCC)c1.I. The molecule has 0 aromatic heterocycles. The van der Waals surface area contributed by atoms with Crippen molar-refractivity contribution in [2.45, 2.75) is 53.0 Å². The van der Waals surface area contributed by atoms with Gasteiger partial charge in [-0.05, 0) is 58.2 Å². The molecular formula is C22H37IN4O3. The van der Waals surface area contributed by atoms with Crippen molar-refractivity contribution in [3.63, 3.8) is 0 Å². The molecule has 1 heterocycles. The Kier molecular flexibility index (Phi) is 12.6. The van der Waals surface area contributed by atoms with Crippen LogP contribution in [0.5, 0.6) is 11.5 Å². The van der Waals surface area contributed by atoms with Crippen molar-refractivity contribution in [2.24, 2.45) is 4.99 Å². The number of benzene rings is 1. The van der Waals surface area contributed by atoms with Gasteiger partial charge in [-0.2, -0.15) is 0 Å². The molecule has 170 valence electrons. The molecule has 7 nitrogen and oxygen atoms in total. The molecule has 1 atom stereocenters. The highest BCUT2D eigenvalue weighted by molar-refractivity contribution is 14.0. The molecule has 2 rings (SSSR count). The van der Waals surface area contributed by atoms with Crippen molar-refractivity contribution >= 4 is 35.8 Å². The van der Waals surface area contributed by atoms with Crippen LogP contribution in [0.4, 0.5) is 0 Å². The number of hydrogen-bond donors (Lipinski definition) is 2. The van der Waals surface area contributed by atoms with E-state index in [1.165, 1.54) is 0 Å². The van der Waals surface area contributed by atoms with Crippen molar-refractivity contribution in [3.05, 3.63) is 23.8 Å². The summed E-state index contributed by atoms with van der Waals surface area (Å²) in [4.78, 5) is 18.3. The molecule has 1 unspecified atom stereocenters. The van der Waals surface area contributed by atoms with E-state index in [0.29, 0.717) is 26.2 Å². The number of aliphatic imine (C=N–C) groups is 1. The fourth-order valence-corrected chi connectivity index (χ4v) is 3.34. The summed E-state index contributed by atoms with van der Waals surface area (Å²) in [7, 11) is 0. The highest BCUT2D eigenvalue weighted by atomic mass is 127. The molecule has 1 aromatic rings. The molecule has 30 heavy (non-hydrogen) atoms. The maximum absolute atomic E-state index is 11.7. The molecule has 1 fully saturated rings. The zero-order valence-electron chi connectivity index (χ0n) is 18.7. The summed E-state index contributed by atoms with van der Waals surface area (Å²) in [5.74, 6) is 2.58. The van der Waals surface area contributed by atoms with E-state index in [2.05, 4.69) is 29.5 Å². The molecule has 0 bridgehead atoms. The number of likely N-dealkylation sites (tertiary alicyclic amines) is 1. The predicted octanol–water partition coefficient (Wildman–Crippen LogP) is 3.73. The van der Waals surface area contributed by atoms with Crippen molar-refractivity contribution in [1.29, 1.82) is 0 Å². The first-order valence-electron chi connectivity index (χ1n) is 10.8. The van der Waals surface area contributed by atoms with Crippen LogP contribution >= 0.6 is 24.0 Å². The zero-order valence-corrected chi connectivity index (χ0v) is 21.0. The first-order valence-corrected chi connectivity index (χ1v) is 10.8. The minimum Gasteiger partial charge on any atom is -0.490 e. The lowest BCUT2D eigenvalue weighted by Gasteiger charge is -2.20. The summed E-state index contributed by atoms with van der Waals surface area (Å²) in [5, 5.41) is 6.75. The molecule has 0 radical (unpaired) electrons. The third kappa shape index (κ3) is 8.20. The smallest absolute Gasteiger partial charge is 0.222 e. The minimum atomic E-state index is 0. The van der Waals surface area contributed by atoms with E-state index < -0.39 is 0 Å². The van der Waals surface area contributed by atoms with Gasteiger partial charge in [0.15, 0.2) is 17.5 Å². The number of nitrogens with one attached hydrogen (secondary N) is 2. The van der Waals surface area contributed by atoms with E-state index >= 15 is 0 Å². The van der Waals surface area contributed by atoms with Crippen LogP contribution in [0.3, 0.4) is 0 Å². The summed E-state index contributed by atoms with van der Waals surface area (Å²) < 4.78 is 11.4. The Hall–Kier alpha value is -1.71. The number of nitrogens with zero attached hydrogens (tertiary/aromatic N) is 2. The molecule has 1 saturated heterocycles. The third-order valence-electron chi connectivity index (χ3n) is 4.79. The van der Waals surface area contributed by atoms with Crippen LogP contribution in [0.25, 0.3) is 0 Å². The second-order valence-corrected chi connectivity index (χ2v) is 7.04. The van der Waals surface area contributed by atoms with Crippen LogP contribution in [0.1, 0.15) is 58.6 Å². The molecule has 2 N–H and O–H groups in total. The number of amides is 1. The topological polar surface area (TPSA) is 75.2 Å². The molecule has 1 amide bonds. The standard InChI is InChI=1S/C22H36N4O3.HI/c1-5-23-22(24-13-9-15-26-14-8-10-21(26)27)25-17(4)18-11-12-19(28-6-2)20(16-18)29-7-3;/h11-12,16-17H,5-10,13-15H2,1-4H3,(H2,23,24,25);1H. The summed E-state index contributed by atoms with van der Waals surface area (Å²) in [6.07, 6.45) is 2.54. The van der Waals surface area contributed by atoms with Gasteiger partial charge < -0.3 is 25.0 Å². The van der Waals surface area contributed by atoms with Crippen LogP contribution in [0.15, 0.2) is 23.2 Å². The maximum atomic E-state index is 11.7. The Balaban J connectivity index is 0.00000450. The normalized spacial score (nSPS) is 14.9. The molecule has 1 aliphatic heterocycles. The summed E-state index contributed by atoms with van der Waals surface area (Å²) in [6, 6.07) is 6.09. The van der Waals surface area contributed by atoms with Crippen LogP contribution in [0.2, 0.25) is 0 Å². The molecule has 0 spiro atoms. The number of rotatable bonds is 11. The van der Waals surface area contributed by atoms with Crippen LogP contribution < -0.4 is 20.1 Å². The number of carbonyl (C=O) groups excluding carboxylic acids is 1. The highest BCUT2D eigenvalue weighted by Gasteiger charge is 2.19. The van der Waals surface area contributed by atoms with Crippen molar-refractivity contribution in [1.82, 2.24) is 15.5 Å². The number of guanidine groups is 1. The number of ether oxygens (including phenoxy) is 2. The van der Waals surface area contributed by atoms with Gasteiger partial charge in [-0.25, -0.2) is 0 Å². The zero-order chi connectivity index (χ0) is 21.1. The van der Waals surface area contributed by atoms with Gasteiger partial charge in [0.05, 0.1) is 19.3 Å². The molecule has 0 aliphatic carbocycles. The lowest BCUT2D eigenvalue weighted by Crippen LogP contribution is -2.39. The maximum Gasteiger partial charge on any atom is 0.222 e. The van der Waals surface area contributed by atoms with Gasteiger partial charge in [-0.1, -0.05) is 6.07 Å². The fourth-order valence-electron chi connectivity index (χ4n) is 3.34. The number of hydrogen-bond acceptors (Lipinski definition) is 4. The molecule has 8 heteroatoms. The van der Waals surface area contributed by atoms with Gasteiger partial charge in [0.1, 0.15) is 0 Å². The Morgan fingerprint density at radius 1 is 1.20 bits per heavy atom. The van der Waals surface area contributed by atoms with Crippen molar-refractivity contribution < 1.29 is 14.3 Å². The first-order chi connectivity index (χ1) is 14.1. The predicted molar refractivity (Wildman–Crippen MR) is 132 cm³/mol. The van der Waals surface area contributed by atoms with E-state index in [4.69, 9.17) is 9.47 Å². The summed E-state index contributed by atoms with van der Waals surface area (Å²) in [5.41, 5.74) is 1.10. The van der Waals surface area contributed by atoms with Crippen LogP contribution in [-0.2, 0) is 4.79 Å². The Bertz CT molecular complexity index is 684. The van der Waals surface area contributed by atoms with Crippen LogP contribution in [0, 0.1) is 0 Å². The number of halogens is 1. The lowest BCUT2D eigenvalue weighted by molar-refractivity contribution is -0.127. The average Bonchev–Trinajstić information content (AvgIpc) is 3.11. The Morgan fingerprint density at radius 2 is 1.93 bits per heavy atom. The van der Waals surface area contributed by atoms with E-state index in [1.807, 2.05) is 36.9 Å². The van der Waals surface area contributed by atoms with Gasteiger partial charge in [-0.3, -0.25) is 9.79 Å². The van der Waals surface area contributed by atoms with Gasteiger partial charge in [0.2, 0.25) is 5.91 Å². The highest BCUT2D eigenvalue weighted by Crippen LogP contribution is 2.30. The van der Waals surface area contributed by atoms with E-state index in [1.54, 1.807) is 0 Å². The molecule has 1 aromatic carbocycles. The van der Waals surface area contributed by atoms with E-state index in [0.717, 1.165) is 55.5 Å². The largest absolute Gasteiger partial charge is 0.490 e. The third-order valence-corrected chi connectivity index (χ3v) is 4.79. The van der Waals surface area contributed by atoms with Crippen molar-refractivity contribution in [2.75, 3.05) is 39.4 Å². The Morgan fingerprint density at radius 3 is 2.57 bits per heavy atom. The first kappa shape index (κ1) is 26.3. The number of carbonyl (C=O) groups is 1. The van der Waals surface area contributed by atoms with Gasteiger partial charge in [0.25, 0.3) is 0 Å². The minimum absolute atomic E-state index is 0. The molecular weight excluding hydrogens is 495 g/mol. The van der Waals surface area contributed by atoms with Crippen molar-refractivity contribution in [3.8, 4) is 11.5 Å². The fraction of sp³-hybridized carbons (Fsp3) is 0.636. The van der Waals surface area contributed by atoms with E-state index in [-0.39, 0.29) is 35.9 Å². The lowest BCUT2D eigenvalue weighted by atomic mass is 10.1. The average molecular weight is 532 g/mol. The van der Waals surface area contributed by atoms with Gasteiger partial charge in [0, 0.05) is 32.6 Å². The van der Waals surface area contributed by atoms with E-state index in [9.17, 15) is 4.79 Å². The van der Waals surface area contributed by atoms with Gasteiger partial charge >= 0.3 is 0 Å². The second-order valence-electron chi connectivity index (χ2n) is 7.04. The quantitative estimate of drug-likeness (QED) is 0.197. The summed E-state index contributed by atoms with van der Waals surface area (Å²) >= 11 is 0. The molecule has 0 saturated carbocycles. The van der Waals surface area contributed by atoms with Gasteiger partial charge in [-0.15, -0.1) is 24.0 Å². The van der Waals surface area contributed by atoms with Crippen LogP contribution in [-0.4, -0.2) is 56.2 Å². The second kappa shape index (κ2) is 14.3. The molecule has 1 aliphatic rings.